The monoisotopic (exact) mass is 611 g/mol. The average molecular weight is 612 g/mol. The van der Waals surface area contributed by atoms with Crippen LogP contribution in [0.15, 0.2) is 115 Å². The molecule has 2 atom stereocenters. The maximum atomic E-state index is 12.4. The van der Waals surface area contributed by atoms with E-state index in [1.807, 2.05) is 66.0 Å². The number of fused-ring (bicyclic) bond motifs is 1. The highest BCUT2D eigenvalue weighted by atomic mass is 32.1. The van der Waals surface area contributed by atoms with Gasteiger partial charge in [-0.1, -0.05) is 109 Å². The standard InChI is InChI=1S/C23H26NO4PS.C13H12/c1-28-23(26)20(15-18-16-30-21-10-6-5-9-19(18)21)24-22(25)12-14-29(27)13-11-17-7-3-2-4-8-17;1-11-7-9-13(10-8-11)12-5-3-2-4-6-12/h2-10,16,20,27H,11-15H2,1H3,(H,24,25);2-10H,1H3/t20-,29?;/m0./s1. The highest BCUT2D eigenvalue weighted by Crippen LogP contribution is 2.31. The zero-order valence-corrected chi connectivity index (χ0v) is 26.3. The smallest absolute Gasteiger partial charge is 0.328 e. The maximum absolute atomic E-state index is 12.4. The Kier molecular flexibility index (Phi) is 12.5. The average Bonchev–Trinajstić information content (AvgIpc) is 3.46. The molecule has 7 heteroatoms. The van der Waals surface area contributed by atoms with Crippen molar-refractivity contribution in [1.82, 2.24) is 5.32 Å². The number of carbonyl (C=O) groups is 2. The normalized spacial score (nSPS) is 12.1. The topological polar surface area (TPSA) is 75.6 Å². The first kappa shape index (κ1) is 32.1. The molecule has 222 valence electrons. The number of aryl methyl sites for hydroxylation is 2. The predicted molar refractivity (Wildman–Crippen MR) is 180 cm³/mol. The summed E-state index contributed by atoms with van der Waals surface area (Å²) in [5.41, 5.74) is 6.06. The van der Waals surface area contributed by atoms with Crippen LogP contribution in [0.3, 0.4) is 0 Å². The van der Waals surface area contributed by atoms with Gasteiger partial charge in [0.05, 0.1) is 7.11 Å². The van der Waals surface area contributed by atoms with E-state index in [0.29, 0.717) is 18.7 Å². The number of thiophene rings is 1. The maximum Gasteiger partial charge on any atom is 0.328 e. The fraction of sp³-hybridized carbons (Fsp3) is 0.222. The van der Waals surface area contributed by atoms with E-state index in [-0.39, 0.29) is 12.3 Å². The minimum atomic E-state index is -1.22. The predicted octanol–water partition coefficient (Wildman–Crippen LogP) is 7.79. The fourth-order valence-corrected chi connectivity index (χ4v) is 6.81. The number of hydrogen-bond acceptors (Lipinski definition) is 5. The van der Waals surface area contributed by atoms with E-state index in [1.54, 1.807) is 11.3 Å². The molecule has 0 aliphatic heterocycles. The summed E-state index contributed by atoms with van der Waals surface area (Å²) in [6.45, 7) is 2.11. The number of nitrogens with one attached hydrogen (secondary N) is 1. The Morgan fingerprint density at radius 2 is 1.47 bits per heavy atom. The Morgan fingerprint density at radius 1 is 0.837 bits per heavy atom. The number of benzene rings is 4. The van der Waals surface area contributed by atoms with Gasteiger partial charge in [-0.15, -0.1) is 11.3 Å². The van der Waals surface area contributed by atoms with Crippen LogP contribution in [0.4, 0.5) is 0 Å². The summed E-state index contributed by atoms with van der Waals surface area (Å²) in [6.07, 6.45) is 2.44. The molecule has 0 bridgehead atoms. The highest BCUT2D eigenvalue weighted by molar-refractivity contribution is 7.51. The highest BCUT2D eigenvalue weighted by Gasteiger charge is 2.23. The zero-order chi connectivity index (χ0) is 30.4. The van der Waals surface area contributed by atoms with Gasteiger partial charge in [0.15, 0.2) is 0 Å². The van der Waals surface area contributed by atoms with Gasteiger partial charge >= 0.3 is 5.97 Å². The minimum absolute atomic E-state index is 0.189. The molecule has 0 saturated carbocycles. The molecule has 4 aromatic carbocycles. The first-order chi connectivity index (χ1) is 20.9. The molecule has 0 fully saturated rings. The van der Waals surface area contributed by atoms with E-state index in [1.165, 1.54) is 29.4 Å². The molecule has 5 aromatic rings. The molecule has 1 heterocycles. The summed E-state index contributed by atoms with van der Waals surface area (Å²) in [6, 6.07) is 36.3. The second kappa shape index (κ2) is 16.7. The molecule has 5 nitrogen and oxygen atoms in total. The number of esters is 1. The summed E-state index contributed by atoms with van der Waals surface area (Å²) >= 11 is 1.62. The number of ether oxygens (including phenoxy) is 1. The van der Waals surface area contributed by atoms with Crippen LogP contribution in [0.2, 0.25) is 0 Å². The van der Waals surface area contributed by atoms with E-state index >= 15 is 0 Å². The van der Waals surface area contributed by atoms with Gasteiger partial charge in [0.1, 0.15) is 6.04 Å². The van der Waals surface area contributed by atoms with Gasteiger partial charge in [-0.2, -0.15) is 0 Å². The Morgan fingerprint density at radius 3 is 2.16 bits per heavy atom. The summed E-state index contributed by atoms with van der Waals surface area (Å²) in [7, 11) is 0.103. The van der Waals surface area contributed by atoms with Crippen LogP contribution in [-0.2, 0) is 27.2 Å². The third kappa shape index (κ3) is 10.1. The Labute approximate surface area is 259 Å². The van der Waals surface area contributed by atoms with Crippen LogP contribution in [0.1, 0.15) is 23.1 Å². The van der Waals surface area contributed by atoms with Gasteiger partial charge in [-0.3, -0.25) is 4.79 Å². The van der Waals surface area contributed by atoms with Crippen molar-refractivity contribution in [2.45, 2.75) is 32.2 Å². The second-order valence-electron chi connectivity index (χ2n) is 10.3. The van der Waals surface area contributed by atoms with Gasteiger partial charge in [-0.05, 0) is 58.6 Å². The molecule has 0 aliphatic rings. The SMILES string of the molecule is COC(=O)[C@H](Cc1csc2ccccc12)NC(=O)CCP(O)CCc1ccccc1.Cc1ccc(-c2ccccc2)cc1. The van der Waals surface area contributed by atoms with Crippen molar-refractivity contribution < 1.29 is 19.2 Å². The third-order valence-corrected chi connectivity index (χ3v) is 9.56. The van der Waals surface area contributed by atoms with E-state index in [2.05, 4.69) is 60.8 Å². The fourth-order valence-electron chi connectivity index (χ4n) is 4.63. The summed E-state index contributed by atoms with van der Waals surface area (Å²) in [4.78, 5) is 34.9. The number of methoxy groups -OCH3 is 1. The van der Waals surface area contributed by atoms with Crippen molar-refractivity contribution >= 4 is 41.4 Å². The quantitative estimate of drug-likeness (QED) is 0.118. The number of rotatable bonds is 11. The molecule has 0 saturated heterocycles. The largest absolute Gasteiger partial charge is 0.467 e. The van der Waals surface area contributed by atoms with Crippen LogP contribution >= 0.6 is 19.5 Å². The molecular weight excluding hydrogens is 573 g/mol. The van der Waals surface area contributed by atoms with Gasteiger partial charge in [0.2, 0.25) is 5.91 Å². The molecular formula is C36H38NO4PS. The van der Waals surface area contributed by atoms with E-state index < -0.39 is 20.2 Å². The van der Waals surface area contributed by atoms with Crippen LogP contribution < -0.4 is 5.32 Å². The summed E-state index contributed by atoms with van der Waals surface area (Å²) in [5, 5.41) is 5.90. The molecule has 2 N–H and O–H groups in total. The molecule has 1 amide bonds. The van der Waals surface area contributed by atoms with E-state index in [0.717, 1.165) is 22.1 Å². The lowest BCUT2D eigenvalue weighted by Gasteiger charge is -2.17. The number of carbonyl (C=O) groups excluding carboxylic acids is 2. The van der Waals surface area contributed by atoms with Gasteiger partial charge in [-0.25, -0.2) is 4.79 Å². The van der Waals surface area contributed by atoms with Crippen LogP contribution in [0.25, 0.3) is 21.2 Å². The van der Waals surface area contributed by atoms with Crippen molar-refractivity contribution in [3.05, 3.63) is 131 Å². The third-order valence-electron chi connectivity index (χ3n) is 7.06. The van der Waals surface area contributed by atoms with Crippen LogP contribution in [0, 0.1) is 6.92 Å². The number of amides is 1. The Bertz CT molecular complexity index is 1570. The van der Waals surface area contributed by atoms with Gasteiger partial charge in [0.25, 0.3) is 0 Å². The lowest BCUT2D eigenvalue weighted by Crippen LogP contribution is -2.43. The van der Waals surface area contributed by atoms with Crippen molar-refractivity contribution in [1.29, 1.82) is 0 Å². The summed E-state index contributed by atoms with van der Waals surface area (Å²) < 4.78 is 6.04. The van der Waals surface area contributed by atoms with Crippen molar-refractivity contribution in [3.63, 3.8) is 0 Å². The minimum Gasteiger partial charge on any atom is -0.467 e. The zero-order valence-electron chi connectivity index (χ0n) is 24.6. The molecule has 1 aromatic heterocycles. The first-order valence-electron chi connectivity index (χ1n) is 14.3. The lowest BCUT2D eigenvalue weighted by atomic mass is 10.0. The number of hydrogen-bond donors (Lipinski definition) is 2. The van der Waals surface area contributed by atoms with Crippen molar-refractivity contribution in [2.24, 2.45) is 0 Å². The first-order valence-corrected chi connectivity index (χ1v) is 16.9. The van der Waals surface area contributed by atoms with Gasteiger partial charge < -0.3 is 14.9 Å². The summed E-state index contributed by atoms with van der Waals surface area (Å²) in [5.74, 6) is -0.708. The van der Waals surface area contributed by atoms with Crippen LogP contribution in [0.5, 0.6) is 0 Å². The Balaban J connectivity index is 0.000000269. The van der Waals surface area contributed by atoms with Crippen molar-refractivity contribution in [2.75, 3.05) is 19.4 Å². The van der Waals surface area contributed by atoms with Crippen LogP contribution in [-0.4, -0.2) is 42.2 Å². The molecule has 0 radical (unpaired) electrons. The molecule has 0 spiro atoms. The second-order valence-corrected chi connectivity index (χ2v) is 13.1. The molecule has 43 heavy (non-hydrogen) atoms. The van der Waals surface area contributed by atoms with Crippen molar-refractivity contribution in [3.8, 4) is 11.1 Å². The molecule has 1 unspecified atom stereocenters. The van der Waals surface area contributed by atoms with E-state index in [4.69, 9.17) is 4.74 Å². The Hall–Kier alpha value is -3.83. The molecule has 0 aliphatic carbocycles. The van der Waals surface area contributed by atoms with E-state index in [9.17, 15) is 14.5 Å². The molecule has 5 rings (SSSR count). The van der Waals surface area contributed by atoms with Gasteiger partial charge in [0, 0.05) is 31.9 Å². The lowest BCUT2D eigenvalue weighted by molar-refractivity contribution is -0.145.